The second-order valence-corrected chi connectivity index (χ2v) is 7.08. The molecule has 0 saturated carbocycles. The number of nitro benzene ring substituents is 1. The number of carbonyl (C=O) groups excluding carboxylic acids is 3. The molecule has 0 bridgehead atoms. The van der Waals surface area contributed by atoms with Gasteiger partial charge in [0.25, 0.3) is 17.5 Å². The van der Waals surface area contributed by atoms with Gasteiger partial charge in [0.15, 0.2) is 6.61 Å². The largest absolute Gasteiger partial charge is 0.451 e. The van der Waals surface area contributed by atoms with Gasteiger partial charge in [0.2, 0.25) is 0 Å². The zero-order valence-electron chi connectivity index (χ0n) is 15.3. The molecular weight excluding hydrogens is 386 g/mol. The minimum absolute atomic E-state index is 0.125. The molecule has 1 heterocycles. The molecule has 0 saturated heterocycles. The molecule has 0 fully saturated rings. The van der Waals surface area contributed by atoms with Crippen molar-refractivity contribution in [2.45, 2.75) is 26.7 Å². The summed E-state index contributed by atoms with van der Waals surface area (Å²) >= 11 is 1.31. The first kappa shape index (κ1) is 21.0. The van der Waals surface area contributed by atoms with Crippen molar-refractivity contribution in [2.75, 3.05) is 6.61 Å². The second kappa shape index (κ2) is 9.60. The zero-order chi connectivity index (χ0) is 20.7. The van der Waals surface area contributed by atoms with E-state index < -0.39 is 29.3 Å². The average Bonchev–Trinajstić information content (AvgIpc) is 3.05. The quantitative estimate of drug-likeness (QED) is 0.414. The lowest BCUT2D eigenvalue weighted by Gasteiger charge is -2.07. The SMILES string of the molecule is CCCc1cc(C(=O)OCC(=O)NNC(=O)c2ccc([N+](=O)[O-])cc2)sc1C. The number of benzene rings is 1. The Hall–Kier alpha value is -3.27. The highest BCUT2D eigenvalue weighted by Crippen LogP contribution is 2.23. The van der Waals surface area contributed by atoms with Crippen LogP contribution in [-0.2, 0) is 16.0 Å². The Morgan fingerprint density at radius 3 is 2.46 bits per heavy atom. The molecule has 0 unspecified atom stereocenters. The molecule has 2 N–H and O–H groups in total. The van der Waals surface area contributed by atoms with E-state index in [0.29, 0.717) is 4.88 Å². The summed E-state index contributed by atoms with van der Waals surface area (Å²) in [4.78, 5) is 47.1. The van der Waals surface area contributed by atoms with Gasteiger partial charge in [-0.15, -0.1) is 11.3 Å². The summed E-state index contributed by atoms with van der Waals surface area (Å²) in [5.41, 5.74) is 5.31. The van der Waals surface area contributed by atoms with Crippen LogP contribution in [0.4, 0.5) is 5.69 Å². The van der Waals surface area contributed by atoms with E-state index in [1.54, 1.807) is 6.07 Å². The van der Waals surface area contributed by atoms with Crippen LogP contribution in [0.2, 0.25) is 0 Å². The van der Waals surface area contributed by atoms with Crippen molar-refractivity contribution in [3.05, 3.63) is 61.3 Å². The van der Waals surface area contributed by atoms with Gasteiger partial charge in [-0.05, 0) is 37.1 Å². The van der Waals surface area contributed by atoms with E-state index >= 15 is 0 Å². The summed E-state index contributed by atoms with van der Waals surface area (Å²) < 4.78 is 4.95. The van der Waals surface area contributed by atoms with Crippen LogP contribution < -0.4 is 10.9 Å². The van der Waals surface area contributed by atoms with Crippen molar-refractivity contribution in [3.8, 4) is 0 Å². The molecule has 0 aliphatic rings. The molecule has 1 aromatic heterocycles. The molecule has 0 radical (unpaired) electrons. The summed E-state index contributed by atoms with van der Waals surface area (Å²) in [5.74, 6) is -1.98. The lowest BCUT2D eigenvalue weighted by Crippen LogP contribution is -2.43. The monoisotopic (exact) mass is 405 g/mol. The van der Waals surface area contributed by atoms with Crippen LogP contribution in [0.3, 0.4) is 0 Å². The smallest absolute Gasteiger partial charge is 0.348 e. The molecule has 2 aromatic rings. The number of amides is 2. The Labute approximate surface area is 164 Å². The minimum Gasteiger partial charge on any atom is -0.451 e. The van der Waals surface area contributed by atoms with E-state index in [9.17, 15) is 24.5 Å². The van der Waals surface area contributed by atoms with Crippen LogP contribution in [0.25, 0.3) is 0 Å². The van der Waals surface area contributed by atoms with Crippen molar-refractivity contribution in [1.29, 1.82) is 0 Å². The molecule has 0 spiro atoms. The number of hydrogen-bond donors (Lipinski definition) is 2. The Bertz CT molecular complexity index is 891. The number of rotatable bonds is 7. The Kier molecular flexibility index (Phi) is 7.21. The molecule has 0 aliphatic heterocycles. The number of non-ortho nitro benzene ring substituents is 1. The van der Waals surface area contributed by atoms with E-state index in [-0.39, 0.29) is 11.3 Å². The van der Waals surface area contributed by atoms with Gasteiger partial charge in [-0.2, -0.15) is 0 Å². The predicted molar refractivity (Wildman–Crippen MR) is 102 cm³/mol. The zero-order valence-corrected chi connectivity index (χ0v) is 16.1. The average molecular weight is 405 g/mol. The Morgan fingerprint density at radius 2 is 1.86 bits per heavy atom. The molecule has 10 heteroatoms. The van der Waals surface area contributed by atoms with Crippen molar-refractivity contribution in [1.82, 2.24) is 10.9 Å². The van der Waals surface area contributed by atoms with Crippen LogP contribution in [0.15, 0.2) is 30.3 Å². The number of hydrazine groups is 1. The summed E-state index contributed by atoms with van der Waals surface area (Å²) in [7, 11) is 0. The Morgan fingerprint density at radius 1 is 1.18 bits per heavy atom. The third kappa shape index (κ3) is 5.61. The minimum atomic E-state index is -0.717. The maximum atomic E-state index is 12.0. The molecule has 28 heavy (non-hydrogen) atoms. The van der Waals surface area contributed by atoms with Crippen LogP contribution in [-0.4, -0.2) is 29.3 Å². The van der Waals surface area contributed by atoms with Gasteiger partial charge in [0.05, 0.1) is 4.92 Å². The topological polar surface area (TPSA) is 128 Å². The van der Waals surface area contributed by atoms with E-state index in [4.69, 9.17) is 4.74 Å². The van der Waals surface area contributed by atoms with Gasteiger partial charge >= 0.3 is 5.97 Å². The van der Waals surface area contributed by atoms with Crippen molar-refractivity contribution < 1.29 is 24.0 Å². The highest BCUT2D eigenvalue weighted by molar-refractivity contribution is 7.14. The number of nitrogens with one attached hydrogen (secondary N) is 2. The molecular formula is C18H19N3O6S. The number of hydrogen-bond acceptors (Lipinski definition) is 7. The van der Waals surface area contributed by atoms with E-state index in [1.807, 2.05) is 13.8 Å². The highest BCUT2D eigenvalue weighted by Gasteiger charge is 2.16. The number of nitro groups is 1. The fourth-order valence-electron chi connectivity index (χ4n) is 2.31. The number of nitrogens with zero attached hydrogens (tertiary/aromatic N) is 1. The summed E-state index contributed by atoms with van der Waals surface area (Å²) in [6, 6.07) is 6.63. The van der Waals surface area contributed by atoms with E-state index in [2.05, 4.69) is 10.9 Å². The van der Waals surface area contributed by atoms with Gasteiger partial charge in [0.1, 0.15) is 4.88 Å². The lowest BCUT2D eigenvalue weighted by atomic mass is 10.1. The van der Waals surface area contributed by atoms with Crippen LogP contribution in [0.5, 0.6) is 0 Å². The maximum Gasteiger partial charge on any atom is 0.348 e. The molecule has 2 amide bonds. The van der Waals surface area contributed by atoms with Crippen molar-refractivity contribution >= 4 is 34.8 Å². The first-order valence-electron chi connectivity index (χ1n) is 8.42. The van der Waals surface area contributed by atoms with Gasteiger partial charge in [-0.1, -0.05) is 13.3 Å². The number of carbonyl (C=O) groups is 3. The van der Waals surface area contributed by atoms with E-state index in [0.717, 1.165) is 23.3 Å². The molecule has 1 aromatic carbocycles. The van der Waals surface area contributed by atoms with Gasteiger partial charge < -0.3 is 4.74 Å². The number of thiophene rings is 1. The van der Waals surface area contributed by atoms with Crippen molar-refractivity contribution in [3.63, 3.8) is 0 Å². The first-order chi connectivity index (χ1) is 13.3. The number of esters is 1. The van der Waals surface area contributed by atoms with Crippen LogP contribution in [0, 0.1) is 17.0 Å². The summed E-state index contributed by atoms with van der Waals surface area (Å²) in [6.45, 7) is 3.41. The third-order valence-corrected chi connectivity index (χ3v) is 4.80. The summed E-state index contributed by atoms with van der Waals surface area (Å²) in [6.07, 6.45) is 1.83. The second-order valence-electron chi connectivity index (χ2n) is 5.82. The fourth-order valence-corrected chi connectivity index (χ4v) is 3.27. The van der Waals surface area contributed by atoms with Crippen LogP contribution in [0.1, 0.15) is 43.8 Å². The highest BCUT2D eigenvalue weighted by atomic mass is 32.1. The number of aryl methyl sites for hydroxylation is 2. The maximum absolute atomic E-state index is 12.0. The van der Waals surface area contributed by atoms with E-state index in [1.165, 1.54) is 35.6 Å². The predicted octanol–water partition coefficient (Wildman–Crippen LogP) is 2.54. The van der Waals surface area contributed by atoms with Crippen LogP contribution >= 0.6 is 11.3 Å². The standard InChI is InChI=1S/C18H19N3O6S/c1-3-4-13-9-15(28-11(13)2)18(24)27-10-16(22)19-20-17(23)12-5-7-14(8-6-12)21(25)26/h5-9H,3-4,10H2,1-2H3,(H,19,22)(H,20,23). The molecule has 0 atom stereocenters. The Balaban J connectivity index is 1.80. The lowest BCUT2D eigenvalue weighted by molar-refractivity contribution is -0.384. The van der Waals surface area contributed by atoms with Crippen molar-refractivity contribution in [2.24, 2.45) is 0 Å². The van der Waals surface area contributed by atoms with Gasteiger partial charge in [0, 0.05) is 22.6 Å². The third-order valence-electron chi connectivity index (χ3n) is 3.73. The molecule has 9 nitrogen and oxygen atoms in total. The first-order valence-corrected chi connectivity index (χ1v) is 9.23. The number of ether oxygens (including phenoxy) is 1. The molecule has 148 valence electrons. The summed E-state index contributed by atoms with van der Waals surface area (Å²) in [5, 5.41) is 10.6. The molecule has 0 aliphatic carbocycles. The normalized spacial score (nSPS) is 10.2. The van der Waals surface area contributed by atoms with Gasteiger partial charge in [-0.25, -0.2) is 4.79 Å². The fraction of sp³-hybridized carbons (Fsp3) is 0.278. The van der Waals surface area contributed by atoms with Gasteiger partial charge in [-0.3, -0.25) is 30.6 Å². The molecule has 2 rings (SSSR count).